The summed E-state index contributed by atoms with van der Waals surface area (Å²) >= 11 is 1.81. The maximum absolute atomic E-state index is 13.1. The first-order chi connectivity index (χ1) is 6.57. The van der Waals surface area contributed by atoms with Crippen molar-refractivity contribution in [3.63, 3.8) is 0 Å². The van der Waals surface area contributed by atoms with Gasteiger partial charge >= 0.3 is 0 Å². The predicted molar refractivity (Wildman–Crippen MR) is 60.3 cm³/mol. The first-order valence-corrected chi connectivity index (χ1v) is 5.27. The largest absolute Gasteiger partial charge is 0.493 e. The van der Waals surface area contributed by atoms with Gasteiger partial charge in [0.05, 0.1) is 15.7 Å². The Morgan fingerprint density at radius 2 is 2.21 bits per heavy atom. The van der Waals surface area contributed by atoms with Crippen molar-refractivity contribution >= 4 is 28.4 Å². The summed E-state index contributed by atoms with van der Waals surface area (Å²) in [5.74, 6) is -0.123. The Morgan fingerprint density at radius 3 is 2.71 bits per heavy atom. The zero-order chi connectivity index (χ0) is 10.7. The predicted octanol–water partition coefficient (Wildman–Crippen LogP) is 3.03. The molecule has 14 heavy (non-hydrogen) atoms. The van der Waals surface area contributed by atoms with Crippen LogP contribution in [0, 0.1) is 9.39 Å². The molecule has 0 saturated heterocycles. The molecule has 0 unspecified atom stereocenters. The quantitative estimate of drug-likeness (QED) is 0.634. The molecule has 0 spiro atoms. The van der Waals surface area contributed by atoms with Gasteiger partial charge in [0.15, 0.2) is 5.78 Å². The standard InChI is InChI=1S/C10H10FIO2/c1-3-14-8-5-4-7(11)10(12)9(8)6(2)13/h4-5H,3H2,1-2H3. The fourth-order valence-electron chi connectivity index (χ4n) is 1.14. The highest BCUT2D eigenvalue weighted by Gasteiger charge is 2.15. The summed E-state index contributed by atoms with van der Waals surface area (Å²) in [6, 6.07) is 2.79. The fraction of sp³-hybridized carbons (Fsp3) is 0.300. The smallest absolute Gasteiger partial charge is 0.164 e. The number of ketones is 1. The van der Waals surface area contributed by atoms with E-state index < -0.39 is 0 Å². The van der Waals surface area contributed by atoms with Gasteiger partial charge in [0.1, 0.15) is 11.6 Å². The highest BCUT2D eigenvalue weighted by molar-refractivity contribution is 14.1. The summed E-state index contributed by atoms with van der Waals surface area (Å²) in [5, 5.41) is 0. The molecule has 0 heterocycles. The van der Waals surface area contributed by atoms with E-state index in [1.54, 1.807) is 0 Å². The molecule has 0 aliphatic rings. The summed E-state index contributed by atoms with van der Waals surface area (Å²) in [6.45, 7) is 3.68. The van der Waals surface area contributed by atoms with Gasteiger partial charge in [-0.25, -0.2) is 4.39 Å². The maximum Gasteiger partial charge on any atom is 0.164 e. The van der Waals surface area contributed by atoms with Crippen LogP contribution in [-0.2, 0) is 0 Å². The van der Waals surface area contributed by atoms with Gasteiger partial charge in [-0.3, -0.25) is 4.79 Å². The SMILES string of the molecule is CCOc1ccc(F)c(I)c1C(C)=O. The van der Waals surface area contributed by atoms with E-state index in [2.05, 4.69) is 0 Å². The lowest BCUT2D eigenvalue weighted by Gasteiger charge is -2.09. The molecule has 0 aromatic heterocycles. The molecule has 0 aliphatic carbocycles. The Kier molecular flexibility index (Phi) is 3.86. The van der Waals surface area contributed by atoms with E-state index in [1.165, 1.54) is 19.1 Å². The second kappa shape index (κ2) is 4.72. The highest BCUT2D eigenvalue weighted by Crippen LogP contribution is 2.26. The number of halogens is 2. The molecule has 0 radical (unpaired) electrons. The third kappa shape index (κ3) is 2.23. The van der Waals surface area contributed by atoms with Crippen LogP contribution in [0.15, 0.2) is 12.1 Å². The van der Waals surface area contributed by atoms with Crippen molar-refractivity contribution in [2.45, 2.75) is 13.8 Å². The average Bonchev–Trinajstić information content (AvgIpc) is 2.11. The lowest BCUT2D eigenvalue weighted by Crippen LogP contribution is -2.04. The van der Waals surface area contributed by atoms with Crippen LogP contribution >= 0.6 is 22.6 Å². The summed E-state index contributed by atoms with van der Waals surface area (Å²) in [5.41, 5.74) is 0.326. The van der Waals surface area contributed by atoms with Gasteiger partial charge in [-0.2, -0.15) is 0 Å². The van der Waals surface area contributed by atoms with Gasteiger partial charge in [0, 0.05) is 0 Å². The summed E-state index contributed by atoms with van der Waals surface area (Å²) < 4.78 is 18.7. The molecule has 1 aromatic carbocycles. The van der Waals surface area contributed by atoms with E-state index in [9.17, 15) is 9.18 Å². The van der Waals surface area contributed by atoms with E-state index in [4.69, 9.17) is 4.74 Å². The van der Waals surface area contributed by atoms with E-state index >= 15 is 0 Å². The van der Waals surface area contributed by atoms with Crippen LogP contribution in [0.3, 0.4) is 0 Å². The van der Waals surface area contributed by atoms with Crippen molar-refractivity contribution in [1.29, 1.82) is 0 Å². The molecular formula is C10H10FIO2. The van der Waals surface area contributed by atoms with Crippen molar-refractivity contribution in [3.8, 4) is 5.75 Å². The number of carbonyl (C=O) groups is 1. The summed E-state index contributed by atoms with van der Waals surface area (Å²) in [4.78, 5) is 11.3. The van der Waals surface area contributed by atoms with Crippen LogP contribution in [0.4, 0.5) is 4.39 Å². The van der Waals surface area contributed by atoms with E-state index in [0.29, 0.717) is 21.5 Å². The Balaban J connectivity index is 3.30. The Hall–Kier alpha value is -0.650. The summed E-state index contributed by atoms with van der Waals surface area (Å²) in [6.07, 6.45) is 0. The van der Waals surface area contributed by atoms with Crippen LogP contribution < -0.4 is 4.74 Å². The number of benzene rings is 1. The van der Waals surface area contributed by atoms with Gasteiger partial charge in [-0.05, 0) is 48.6 Å². The Bertz CT molecular complexity index is 363. The molecule has 76 valence electrons. The second-order valence-corrected chi connectivity index (χ2v) is 3.80. The van der Waals surface area contributed by atoms with Crippen molar-refractivity contribution in [2.75, 3.05) is 6.61 Å². The molecule has 0 N–H and O–H groups in total. The zero-order valence-corrected chi connectivity index (χ0v) is 10.1. The Labute approximate surface area is 95.6 Å². The van der Waals surface area contributed by atoms with E-state index in [0.717, 1.165) is 0 Å². The van der Waals surface area contributed by atoms with Gasteiger partial charge in [0.25, 0.3) is 0 Å². The summed E-state index contributed by atoms with van der Waals surface area (Å²) in [7, 11) is 0. The minimum Gasteiger partial charge on any atom is -0.493 e. The molecule has 0 aliphatic heterocycles. The van der Waals surface area contributed by atoms with Crippen LogP contribution in [0.5, 0.6) is 5.75 Å². The normalized spacial score (nSPS) is 10.0. The molecule has 0 saturated carbocycles. The average molecular weight is 308 g/mol. The van der Waals surface area contributed by atoms with E-state index in [1.807, 2.05) is 29.5 Å². The van der Waals surface area contributed by atoms with E-state index in [-0.39, 0.29) is 11.6 Å². The van der Waals surface area contributed by atoms with Crippen LogP contribution in [0.25, 0.3) is 0 Å². The molecule has 0 bridgehead atoms. The third-order valence-electron chi connectivity index (χ3n) is 1.71. The number of ether oxygens (including phenoxy) is 1. The van der Waals surface area contributed by atoms with Gasteiger partial charge in [-0.15, -0.1) is 0 Å². The van der Waals surface area contributed by atoms with Gasteiger partial charge in [-0.1, -0.05) is 0 Å². The zero-order valence-electron chi connectivity index (χ0n) is 7.93. The molecule has 2 nitrogen and oxygen atoms in total. The number of hydrogen-bond acceptors (Lipinski definition) is 2. The number of hydrogen-bond donors (Lipinski definition) is 0. The molecule has 0 amide bonds. The molecule has 0 atom stereocenters. The minimum atomic E-state index is -0.390. The number of Topliss-reactive ketones (excluding diaryl/α,β-unsaturated/α-hetero) is 1. The van der Waals surface area contributed by atoms with Crippen molar-refractivity contribution < 1.29 is 13.9 Å². The van der Waals surface area contributed by atoms with Crippen LogP contribution in [0.2, 0.25) is 0 Å². The molecular weight excluding hydrogens is 298 g/mol. The molecule has 4 heteroatoms. The molecule has 1 aromatic rings. The minimum absolute atomic E-state index is 0.183. The first kappa shape index (κ1) is 11.4. The number of carbonyl (C=O) groups excluding carboxylic acids is 1. The number of rotatable bonds is 3. The third-order valence-corrected chi connectivity index (χ3v) is 2.76. The van der Waals surface area contributed by atoms with Crippen LogP contribution in [-0.4, -0.2) is 12.4 Å². The fourth-order valence-corrected chi connectivity index (χ4v) is 1.96. The van der Waals surface area contributed by atoms with Crippen LogP contribution in [0.1, 0.15) is 24.2 Å². The molecule has 0 fully saturated rings. The lowest BCUT2D eigenvalue weighted by atomic mass is 10.1. The Morgan fingerprint density at radius 1 is 1.57 bits per heavy atom. The van der Waals surface area contributed by atoms with Crippen molar-refractivity contribution in [1.82, 2.24) is 0 Å². The van der Waals surface area contributed by atoms with Crippen molar-refractivity contribution in [3.05, 3.63) is 27.1 Å². The van der Waals surface area contributed by atoms with Gasteiger partial charge in [0.2, 0.25) is 0 Å². The van der Waals surface area contributed by atoms with Crippen molar-refractivity contribution in [2.24, 2.45) is 0 Å². The monoisotopic (exact) mass is 308 g/mol. The van der Waals surface area contributed by atoms with Gasteiger partial charge < -0.3 is 4.74 Å². The topological polar surface area (TPSA) is 26.3 Å². The lowest BCUT2D eigenvalue weighted by molar-refractivity contribution is 0.101. The highest BCUT2D eigenvalue weighted by atomic mass is 127. The maximum atomic E-state index is 13.1. The first-order valence-electron chi connectivity index (χ1n) is 4.19. The molecule has 1 rings (SSSR count). The second-order valence-electron chi connectivity index (χ2n) is 2.72.